The molecule has 1 unspecified atom stereocenters. The molecule has 3 aromatic rings. The van der Waals surface area contributed by atoms with Crippen molar-refractivity contribution in [1.29, 1.82) is 0 Å². The van der Waals surface area contributed by atoms with E-state index in [0.29, 0.717) is 0 Å². The molecule has 2 aliphatic heterocycles. The highest BCUT2D eigenvalue weighted by atomic mass is 32.2. The lowest BCUT2D eigenvalue weighted by molar-refractivity contribution is -0.155. The molecule has 194 valence electrons. The molecule has 2 amide bonds. The van der Waals surface area contributed by atoms with Crippen LogP contribution in [0.4, 0.5) is 0 Å². The van der Waals surface area contributed by atoms with Gasteiger partial charge in [0.05, 0.1) is 13.5 Å². The predicted molar refractivity (Wildman–Crippen MR) is 141 cm³/mol. The molecule has 0 bridgehead atoms. The van der Waals surface area contributed by atoms with Crippen molar-refractivity contribution in [3.8, 4) is 0 Å². The number of carbonyl (C=O) groups is 3. The van der Waals surface area contributed by atoms with Crippen LogP contribution in [0.5, 0.6) is 0 Å². The third-order valence-corrected chi connectivity index (χ3v) is 8.05. The Kier molecular flexibility index (Phi) is 7.48. The summed E-state index contributed by atoms with van der Waals surface area (Å²) >= 11 is -1.59. The number of esters is 1. The van der Waals surface area contributed by atoms with Crippen LogP contribution < -0.4 is 5.32 Å². The van der Waals surface area contributed by atoms with Crippen LogP contribution in [0.1, 0.15) is 22.8 Å². The molecule has 2 heterocycles. The van der Waals surface area contributed by atoms with Crippen LogP contribution in [0.2, 0.25) is 0 Å². The van der Waals surface area contributed by atoms with E-state index in [2.05, 4.69) is 5.32 Å². The highest BCUT2D eigenvalue weighted by Crippen LogP contribution is 2.38. The zero-order chi connectivity index (χ0) is 26.6. The number of carbonyl (C=O) groups excluding carboxylic acids is 3. The molecule has 0 spiro atoms. The van der Waals surface area contributed by atoms with E-state index in [9.17, 15) is 18.9 Å². The van der Waals surface area contributed by atoms with Gasteiger partial charge in [-0.1, -0.05) is 91.0 Å². The van der Waals surface area contributed by atoms with Gasteiger partial charge in [-0.2, -0.15) is 0 Å². The van der Waals surface area contributed by atoms with Gasteiger partial charge in [-0.15, -0.1) is 0 Å². The second-order valence-corrected chi connectivity index (χ2v) is 10.4. The maximum Gasteiger partial charge on any atom is 0.359 e. The molecule has 1 N–H and O–H groups in total. The first-order valence-corrected chi connectivity index (χ1v) is 13.5. The first-order valence-electron chi connectivity index (χ1n) is 12.1. The van der Waals surface area contributed by atoms with Crippen LogP contribution in [0.15, 0.2) is 102 Å². The van der Waals surface area contributed by atoms with Gasteiger partial charge in [-0.05, 0) is 27.9 Å². The summed E-state index contributed by atoms with van der Waals surface area (Å²) in [5, 5.41) is 1.80. The number of nitrogens with one attached hydrogen (secondary N) is 1. The van der Waals surface area contributed by atoms with Gasteiger partial charge >= 0.3 is 5.97 Å². The molecule has 8 nitrogen and oxygen atoms in total. The van der Waals surface area contributed by atoms with Crippen molar-refractivity contribution < 1.29 is 28.4 Å². The third kappa shape index (κ3) is 5.03. The fourth-order valence-corrected chi connectivity index (χ4v) is 6.26. The summed E-state index contributed by atoms with van der Waals surface area (Å²) in [6.45, 7) is 0. The van der Waals surface area contributed by atoms with E-state index in [4.69, 9.17) is 9.47 Å². The van der Waals surface area contributed by atoms with Gasteiger partial charge in [0.1, 0.15) is 0 Å². The van der Waals surface area contributed by atoms with E-state index in [1.165, 1.54) is 7.11 Å². The minimum atomic E-state index is -1.59. The number of nitrogens with zero attached hydrogens (tertiary/aromatic N) is 1. The van der Waals surface area contributed by atoms with Crippen LogP contribution in [0.25, 0.3) is 0 Å². The quantitative estimate of drug-likeness (QED) is 0.273. The van der Waals surface area contributed by atoms with Crippen molar-refractivity contribution >= 4 is 29.0 Å². The largest absolute Gasteiger partial charge is 0.614 e. The molecule has 0 aromatic heterocycles. The average molecular weight is 531 g/mol. The summed E-state index contributed by atoms with van der Waals surface area (Å²) < 4.78 is 24.4. The number of benzene rings is 3. The van der Waals surface area contributed by atoms with E-state index in [1.54, 1.807) is 0 Å². The van der Waals surface area contributed by atoms with Crippen molar-refractivity contribution in [2.75, 3.05) is 12.9 Å². The van der Waals surface area contributed by atoms with Gasteiger partial charge in [-0.3, -0.25) is 14.5 Å². The fourth-order valence-electron chi connectivity index (χ4n) is 4.64. The summed E-state index contributed by atoms with van der Waals surface area (Å²) in [5.41, 5.74) is 2.21. The number of methoxy groups -OCH3 is 1. The Balaban J connectivity index is 1.38. The molecule has 3 aromatic carbocycles. The molecular weight excluding hydrogens is 504 g/mol. The first-order chi connectivity index (χ1) is 18.5. The smallest absolute Gasteiger partial charge is 0.359 e. The summed E-state index contributed by atoms with van der Waals surface area (Å²) in [4.78, 5) is 40.6. The Bertz CT molecular complexity index is 1310. The molecule has 0 aliphatic carbocycles. The van der Waals surface area contributed by atoms with Crippen molar-refractivity contribution in [2.24, 2.45) is 0 Å². The lowest BCUT2D eigenvalue weighted by Crippen LogP contribution is -2.75. The SMILES string of the molecule is COC1=C(C(=O)OC(c2ccccc2)c2ccccc2)N2C(=O)[C@@H](NC(=O)Cc3ccccc3)[C@@H]2[S+]([O-])C1. The molecule has 2 aliphatic rings. The normalized spacial score (nSPS) is 20.4. The lowest BCUT2D eigenvalue weighted by atomic mass is 10.0. The summed E-state index contributed by atoms with van der Waals surface area (Å²) in [5.74, 6) is -1.66. The molecule has 0 saturated carbocycles. The molecular formula is C29H26N2O6S. The van der Waals surface area contributed by atoms with Crippen LogP contribution in [0, 0.1) is 0 Å². The number of β-lactam (4-membered cyclic amide) rings is 1. The van der Waals surface area contributed by atoms with Crippen molar-refractivity contribution in [2.45, 2.75) is 23.9 Å². The van der Waals surface area contributed by atoms with Gasteiger partial charge in [-0.25, -0.2) is 4.79 Å². The number of amides is 2. The van der Waals surface area contributed by atoms with Crippen LogP contribution in [-0.4, -0.2) is 51.5 Å². The molecule has 9 heteroatoms. The van der Waals surface area contributed by atoms with Gasteiger partial charge in [0.25, 0.3) is 5.91 Å². The minimum Gasteiger partial charge on any atom is -0.614 e. The van der Waals surface area contributed by atoms with Crippen LogP contribution in [0.3, 0.4) is 0 Å². The standard InChI is InChI=1S/C29H26N2O6S/c1-36-22-18-38(35)28-24(30-23(32)17-19-11-5-2-6-12-19)27(33)31(28)25(22)29(34)37-26(20-13-7-3-8-14-20)21-15-9-4-10-16-21/h2-16,24,26,28H,17-18H2,1H3,(H,30,32)/t24-,28+,38?/m1/s1. The number of hydrogen-bond acceptors (Lipinski definition) is 6. The van der Waals surface area contributed by atoms with Gasteiger partial charge in [0, 0.05) is 0 Å². The van der Waals surface area contributed by atoms with E-state index in [1.807, 2.05) is 91.0 Å². The fraction of sp³-hybridized carbons (Fsp3) is 0.207. The van der Waals surface area contributed by atoms with Gasteiger partial charge < -0.3 is 19.3 Å². The van der Waals surface area contributed by atoms with Crippen molar-refractivity contribution in [1.82, 2.24) is 10.2 Å². The number of fused-ring (bicyclic) bond motifs is 1. The van der Waals surface area contributed by atoms with Gasteiger partial charge in [0.2, 0.25) is 11.3 Å². The van der Waals surface area contributed by atoms with E-state index >= 15 is 0 Å². The Labute approximate surface area is 223 Å². The molecule has 1 saturated heterocycles. The Morgan fingerprint density at radius 1 is 0.974 bits per heavy atom. The second-order valence-electron chi connectivity index (χ2n) is 8.91. The molecule has 3 atom stereocenters. The number of hydrogen-bond donors (Lipinski definition) is 1. The maximum absolute atomic E-state index is 13.6. The topological polar surface area (TPSA) is 108 Å². The zero-order valence-corrected chi connectivity index (χ0v) is 21.4. The second kappa shape index (κ2) is 11.1. The Hall–Kier alpha value is -4.08. The molecule has 0 radical (unpaired) electrons. The first kappa shape index (κ1) is 25.6. The van der Waals surface area contributed by atoms with Crippen LogP contribution >= 0.6 is 0 Å². The molecule has 5 rings (SSSR count). The number of ether oxygens (including phenoxy) is 2. The van der Waals surface area contributed by atoms with E-state index < -0.39 is 40.6 Å². The predicted octanol–water partition coefficient (Wildman–Crippen LogP) is 2.84. The third-order valence-electron chi connectivity index (χ3n) is 6.48. The zero-order valence-electron chi connectivity index (χ0n) is 20.6. The average Bonchev–Trinajstić information content (AvgIpc) is 2.95. The highest BCUT2D eigenvalue weighted by molar-refractivity contribution is 7.92. The monoisotopic (exact) mass is 530 g/mol. The molecule has 38 heavy (non-hydrogen) atoms. The van der Waals surface area contributed by atoms with Crippen molar-refractivity contribution in [3.05, 3.63) is 119 Å². The van der Waals surface area contributed by atoms with E-state index in [-0.39, 0.29) is 29.5 Å². The minimum absolute atomic E-state index is 0.0772. The summed E-state index contributed by atoms with van der Waals surface area (Å²) in [6, 6.07) is 26.6. The Morgan fingerprint density at radius 2 is 1.53 bits per heavy atom. The summed E-state index contributed by atoms with van der Waals surface area (Å²) in [7, 11) is 1.36. The summed E-state index contributed by atoms with van der Waals surface area (Å²) in [6.07, 6.45) is -0.660. The lowest BCUT2D eigenvalue weighted by Gasteiger charge is -2.48. The Morgan fingerprint density at radius 3 is 2.08 bits per heavy atom. The van der Waals surface area contributed by atoms with Gasteiger partial charge in [0.15, 0.2) is 29.4 Å². The number of rotatable bonds is 8. The van der Waals surface area contributed by atoms with E-state index in [0.717, 1.165) is 21.6 Å². The van der Waals surface area contributed by atoms with Crippen LogP contribution in [-0.2, 0) is 41.5 Å². The maximum atomic E-state index is 13.6. The van der Waals surface area contributed by atoms with Crippen molar-refractivity contribution in [3.63, 3.8) is 0 Å². The highest BCUT2D eigenvalue weighted by Gasteiger charge is 2.61. The molecule has 1 fully saturated rings.